The average Bonchev–Trinajstić information content (AvgIpc) is 2.79. The zero-order chi connectivity index (χ0) is 13.1. The molecule has 0 aliphatic rings. The summed E-state index contributed by atoms with van der Waals surface area (Å²) >= 11 is 0. The first kappa shape index (κ1) is 12.2. The van der Waals surface area contributed by atoms with E-state index in [2.05, 4.69) is 4.74 Å². The molecule has 0 aliphatic carbocycles. The van der Waals surface area contributed by atoms with E-state index >= 15 is 0 Å². The van der Waals surface area contributed by atoms with Crippen LogP contribution >= 0.6 is 0 Å². The lowest BCUT2D eigenvalue weighted by molar-refractivity contribution is -0.0495. The van der Waals surface area contributed by atoms with Crippen molar-refractivity contribution in [1.82, 2.24) is 0 Å². The first-order valence-electron chi connectivity index (χ1n) is 4.90. The topological polar surface area (TPSA) is 39.4 Å². The van der Waals surface area contributed by atoms with E-state index < -0.39 is 12.4 Å². The summed E-state index contributed by atoms with van der Waals surface area (Å²) in [5, 5.41) is 0. The number of ether oxygens (including phenoxy) is 1. The number of hydrogen-bond donors (Lipinski definition) is 0. The van der Waals surface area contributed by atoms with Gasteiger partial charge in [0.15, 0.2) is 12.0 Å². The SMILES string of the molecule is O=Cc1ccc(-c2cc(F)ccc2OC(F)F)o1. The predicted octanol–water partition coefficient (Wildman–Crippen LogP) is 3.50. The Labute approximate surface area is 99.8 Å². The van der Waals surface area contributed by atoms with E-state index in [0.29, 0.717) is 6.29 Å². The van der Waals surface area contributed by atoms with Gasteiger partial charge in [0.1, 0.15) is 17.3 Å². The van der Waals surface area contributed by atoms with Crippen LogP contribution in [0.15, 0.2) is 34.7 Å². The highest BCUT2D eigenvalue weighted by molar-refractivity contribution is 5.74. The van der Waals surface area contributed by atoms with Crippen LogP contribution in [0.1, 0.15) is 10.6 Å². The van der Waals surface area contributed by atoms with Gasteiger partial charge < -0.3 is 9.15 Å². The minimum Gasteiger partial charge on any atom is -0.453 e. The van der Waals surface area contributed by atoms with Crippen LogP contribution in [0, 0.1) is 5.82 Å². The minimum atomic E-state index is -3.03. The Balaban J connectivity index is 2.46. The van der Waals surface area contributed by atoms with Gasteiger partial charge in [-0.05, 0) is 30.3 Å². The van der Waals surface area contributed by atoms with E-state index in [1.54, 1.807) is 0 Å². The molecule has 94 valence electrons. The van der Waals surface area contributed by atoms with E-state index in [9.17, 15) is 18.0 Å². The summed E-state index contributed by atoms with van der Waals surface area (Å²) in [6.45, 7) is -3.03. The Kier molecular flexibility index (Phi) is 3.36. The van der Waals surface area contributed by atoms with Crippen molar-refractivity contribution in [1.29, 1.82) is 0 Å². The average molecular weight is 256 g/mol. The van der Waals surface area contributed by atoms with Gasteiger partial charge in [-0.3, -0.25) is 4.79 Å². The summed E-state index contributed by atoms with van der Waals surface area (Å²) in [4.78, 5) is 10.5. The molecule has 0 spiro atoms. The molecular weight excluding hydrogens is 249 g/mol. The van der Waals surface area contributed by atoms with Crippen LogP contribution in [-0.2, 0) is 0 Å². The van der Waals surface area contributed by atoms with Crippen LogP contribution in [0.25, 0.3) is 11.3 Å². The standard InChI is InChI=1S/C12H7F3O3/c13-7-1-3-11(18-12(14)15)9(5-7)10-4-2-8(6-16)17-10/h1-6,12H. The number of aldehydes is 1. The predicted molar refractivity (Wildman–Crippen MR) is 56.1 cm³/mol. The van der Waals surface area contributed by atoms with Crippen molar-refractivity contribution in [2.45, 2.75) is 6.61 Å². The van der Waals surface area contributed by atoms with Crippen LogP contribution in [0.5, 0.6) is 5.75 Å². The fourth-order valence-electron chi connectivity index (χ4n) is 1.45. The fraction of sp³-hybridized carbons (Fsp3) is 0.0833. The zero-order valence-corrected chi connectivity index (χ0v) is 8.90. The van der Waals surface area contributed by atoms with Crippen molar-refractivity contribution in [3.05, 3.63) is 41.9 Å². The van der Waals surface area contributed by atoms with Gasteiger partial charge in [0, 0.05) is 0 Å². The second kappa shape index (κ2) is 4.95. The Morgan fingerprint density at radius 2 is 2.00 bits per heavy atom. The number of benzene rings is 1. The molecule has 0 amide bonds. The summed E-state index contributed by atoms with van der Waals surface area (Å²) in [5.74, 6) is -0.765. The Bertz CT molecular complexity index is 563. The number of halogens is 3. The maximum atomic E-state index is 13.1. The third-order valence-electron chi connectivity index (χ3n) is 2.17. The maximum absolute atomic E-state index is 13.1. The molecule has 3 nitrogen and oxygen atoms in total. The van der Waals surface area contributed by atoms with Gasteiger partial charge in [-0.2, -0.15) is 8.78 Å². The molecule has 0 unspecified atom stereocenters. The second-order valence-electron chi connectivity index (χ2n) is 3.34. The van der Waals surface area contributed by atoms with Gasteiger partial charge in [0.2, 0.25) is 0 Å². The van der Waals surface area contributed by atoms with E-state index in [-0.39, 0.29) is 22.8 Å². The largest absolute Gasteiger partial charge is 0.453 e. The minimum absolute atomic E-state index is 0.0114. The first-order valence-corrected chi connectivity index (χ1v) is 4.90. The molecule has 0 saturated heterocycles. The molecule has 0 radical (unpaired) electrons. The first-order chi connectivity index (χ1) is 8.60. The van der Waals surface area contributed by atoms with E-state index in [1.807, 2.05) is 0 Å². The van der Waals surface area contributed by atoms with Gasteiger partial charge in [-0.15, -0.1) is 0 Å². The van der Waals surface area contributed by atoms with Crippen molar-refractivity contribution in [3.8, 4) is 17.1 Å². The van der Waals surface area contributed by atoms with Crippen LogP contribution < -0.4 is 4.74 Å². The molecule has 1 aromatic carbocycles. The van der Waals surface area contributed by atoms with E-state index in [1.165, 1.54) is 12.1 Å². The normalized spacial score (nSPS) is 10.7. The second-order valence-corrected chi connectivity index (χ2v) is 3.34. The number of carbonyl (C=O) groups is 1. The smallest absolute Gasteiger partial charge is 0.387 e. The number of furan rings is 1. The van der Waals surface area contributed by atoms with Gasteiger partial charge in [-0.1, -0.05) is 0 Å². The molecule has 0 saturated carbocycles. The van der Waals surface area contributed by atoms with Crippen molar-refractivity contribution in [2.75, 3.05) is 0 Å². The Morgan fingerprint density at radius 3 is 2.61 bits per heavy atom. The zero-order valence-electron chi connectivity index (χ0n) is 8.90. The summed E-state index contributed by atoms with van der Waals surface area (Å²) in [6.07, 6.45) is 0.455. The molecule has 1 heterocycles. The third-order valence-corrected chi connectivity index (χ3v) is 2.17. The van der Waals surface area contributed by atoms with Gasteiger partial charge >= 0.3 is 6.61 Å². The molecule has 1 aromatic heterocycles. The van der Waals surface area contributed by atoms with Crippen molar-refractivity contribution in [3.63, 3.8) is 0 Å². The highest BCUT2D eigenvalue weighted by Gasteiger charge is 2.15. The maximum Gasteiger partial charge on any atom is 0.387 e. The van der Waals surface area contributed by atoms with Crippen LogP contribution in [0.2, 0.25) is 0 Å². The van der Waals surface area contributed by atoms with Crippen molar-refractivity contribution in [2.24, 2.45) is 0 Å². The summed E-state index contributed by atoms with van der Waals surface area (Å²) in [7, 11) is 0. The summed E-state index contributed by atoms with van der Waals surface area (Å²) in [5.41, 5.74) is 0.0170. The highest BCUT2D eigenvalue weighted by atomic mass is 19.3. The summed E-state index contributed by atoms with van der Waals surface area (Å²) < 4.78 is 46.8. The molecule has 0 aliphatic heterocycles. The molecular formula is C12H7F3O3. The molecule has 0 fully saturated rings. The molecule has 2 aromatic rings. The lowest BCUT2D eigenvalue weighted by Gasteiger charge is -2.08. The molecule has 0 N–H and O–H groups in total. The number of rotatable bonds is 4. The molecule has 0 bridgehead atoms. The summed E-state index contributed by atoms with van der Waals surface area (Å²) in [6, 6.07) is 5.77. The number of carbonyl (C=O) groups excluding carboxylic acids is 1. The molecule has 18 heavy (non-hydrogen) atoms. The number of hydrogen-bond acceptors (Lipinski definition) is 3. The molecule has 2 rings (SSSR count). The van der Waals surface area contributed by atoms with Crippen molar-refractivity contribution < 1.29 is 27.1 Å². The Hall–Kier alpha value is -2.24. The quantitative estimate of drug-likeness (QED) is 0.786. The van der Waals surface area contributed by atoms with Crippen LogP contribution in [0.3, 0.4) is 0 Å². The highest BCUT2D eigenvalue weighted by Crippen LogP contribution is 2.32. The lowest BCUT2D eigenvalue weighted by Crippen LogP contribution is -2.03. The Morgan fingerprint density at radius 1 is 1.22 bits per heavy atom. The monoisotopic (exact) mass is 256 g/mol. The van der Waals surface area contributed by atoms with Crippen molar-refractivity contribution >= 4 is 6.29 Å². The number of alkyl halides is 2. The third kappa shape index (κ3) is 2.53. The van der Waals surface area contributed by atoms with E-state index in [4.69, 9.17) is 4.42 Å². The molecule has 6 heteroatoms. The van der Waals surface area contributed by atoms with Gasteiger partial charge in [0.05, 0.1) is 5.56 Å². The van der Waals surface area contributed by atoms with E-state index in [0.717, 1.165) is 18.2 Å². The van der Waals surface area contributed by atoms with Crippen LogP contribution in [0.4, 0.5) is 13.2 Å². The lowest BCUT2D eigenvalue weighted by atomic mass is 10.1. The van der Waals surface area contributed by atoms with Crippen LogP contribution in [-0.4, -0.2) is 12.9 Å². The van der Waals surface area contributed by atoms with Gasteiger partial charge in [0.25, 0.3) is 0 Å². The van der Waals surface area contributed by atoms with Gasteiger partial charge in [-0.25, -0.2) is 4.39 Å². The molecule has 0 atom stereocenters. The fourth-order valence-corrected chi connectivity index (χ4v) is 1.45.